The lowest BCUT2D eigenvalue weighted by Crippen LogP contribution is -2.44. The van der Waals surface area contributed by atoms with Gasteiger partial charge in [0, 0.05) is 124 Å². The Bertz CT molecular complexity index is 5370. The molecule has 24 nitrogen and oxygen atoms in total. The molecule has 0 aliphatic carbocycles. The number of pyridine rings is 6. The molecule has 6 aliphatic rings. The monoisotopic (exact) mass is 1440 g/mol. The average Bonchev–Trinajstić information content (AvgIpc) is 1.65. The highest BCUT2D eigenvalue weighted by Crippen LogP contribution is 2.41. The molecular weight excluding hydrogens is 1360 g/mol. The molecule has 6 aliphatic heterocycles. The SMILES string of the molecule is CC(C)(O)[C@H]1CCCN(c2ccc(Nc3ccc(-c4cnc5cc(F)ccn45)c4c3C(=O)NC4)nc2)C1.C[C@H](O)C1CCN(c2ccc(Nc3ccc(-c4cnc5cc(F)ccn45)c4c3C(=O)NC4)nc2)CC1.Cc1cnc2c(-c3ccc(Nc4ccc(N5CCC(O)CC5)cn4)c4c3CNC4=O)cccn12. The lowest BCUT2D eigenvalue weighted by molar-refractivity contribution is 0.0110. The van der Waals surface area contributed by atoms with E-state index < -0.39 is 5.60 Å². The Morgan fingerprint density at radius 3 is 1.42 bits per heavy atom. The molecule has 18 rings (SSSR count). The van der Waals surface area contributed by atoms with Crippen molar-refractivity contribution < 1.29 is 38.5 Å². The van der Waals surface area contributed by atoms with E-state index in [1.54, 1.807) is 24.8 Å². The highest BCUT2D eigenvalue weighted by atomic mass is 19.1. The molecule has 546 valence electrons. The lowest BCUT2D eigenvalue weighted by atomic mass is 9.84. The van der Waals surface area contributed by atoms with E-state index in [2.05, 4.69) is 80.9 Å². The maximum Gasteiger partial charge on any atom is 0.254 e. The number of fused-ring (bicyclic) bond motifs is 6. The minimum Gasteiger partial charge on any atom is -0.393 e. The van der Waals surface area contributed by atoms with Crippen molar-refractivity contribution in [1.82, 2.24) is 59.1 Å². The molecular formula is C81H82F2N18O6. The molecule has 0 bridgehead atoms. The number of benzene rings is 3. The van der Waals surface area contributed by atoms with Crippen molar-refractivity contribution in [1.29, 1.82) is 0 Å². The Hall–Kier alpha value is -11.9. The van der Waals surface area contributed by atoms with Gasteiger partial charge in [0.15, 0.2) is 0 Å². The van der Waals surface area contributed by atoms with E-state index in [-0.39, 0.29) is 47.5 Å². The summed E-state index contributed by atoms with van der Waals surface area (Å²) in [5.41, 5.74) is 17.3. The molecule has 3 amide bonds. The number of anilines is 9. The molecule has 0 unspecified atom stereocenters. The van der Waals surface area contributed by atoms with Gasteiger partial charge in [-0.05, 0) is 173 Å². The van der Waals surface area contributed by atoms with E-state index in [9.17, 15) is 38.5 Å². The predicted molar refractivity (Wildman–Crippen MR) is 408 cm³/mol. The van der Waals surface area contributed by atoms with E-state index in [4.69, 9.17) is 0 Å². The third kappa shape index (κ3) is 14.0. The first-order chi connectivity index (χ1) is 51.8. The van der Waals surface area contributed by atoms with Gasteiger partial charge in [-0.3, -0.25) is 23.2 Å². The van der Waals surface area contributed by atoms with Gasteiger partial charge in [0.1, 0.15) is 46.0 Å². The third-order valence-corrected chi connectivity index (χ3v) is 21.6. The second-order valence-corrected chi connectivity index (χ2v) is 28.8. The normalized spacial score (nSPS) is 16.9. The molecule has 107 heavy (non-hydrogen) atoms. The van der Waals surface area contributed by atoms with Crippen molar-refractivity contribution in [2.24, 2.45) is 11.8 Å². The van der Waals surface area contributed by atoms with Crippen LogP contribution in [0.1, 0.15) is 113 Å². The summed E-state index contributed by atoms with van der Waals surface area (Å²) in [6, 6.07) is 33.1. The summed E-state index contributed by atoms with van der Waals surface area (Å²) in [6.07, 6.45) is 21.1. The van der Waals surface area contributed by atoms with Gasteiger partial charge >= 0.3 is 0 Å². The van der Waals surface area contributed by atoms with Crippen molar-refractivity contribution >= 4 is 86.2 Å². The summed E-state index contributed by atoms with van der Waals surface area (Å²) in [5, 5.41) is 48.8. The van der Waals surface area contributed by atoms with Crippen LogP contribution >= 0.6 is 0 Å². The standard InChI is InChI=1S/C28H29FN6O2.C27H27FN6O2.C26H26N6O2/c1-28(2,37)17-4-3-10-34(16-17)19-5-8-24(30-13-19)33-22-7-6-20(21-14-32-27(36)26(21)22)23-15-31-25-12-18(29)9-11-35(23)25;1-16(35)17-6-9-33(10-7-17)19-2-5-24(29-13-19)32-22-4-3-20(21-14-31-27(36)26(21)22)23-15-30-25-12-18(28)8-11-34(23)25;1-16-13-28-25-20(3-2-10-32(16)25)19-5-6-22(24-21(19)15-29-26(24)34)30-23-7-4-17(14-27-23)31-11-8-18(33)9-12-31/h5-9,11-13,15,17,37H,3-4,10,14,16H2,1-2H3,(H,30,33)(H,32,36);2-5,8,11-13,15-17,35H,6-7,9-10,14H2,1H3,(H,29,32)(H,31,36);2-7,10,13-14,18,33H,8-9,11-12,15H2,1H3,(H,27,30)(H,29,34)/t17-;16-;/m00./s1. The van der Waals surface area contributed by atoms with Crippen LogP contribution in [0.3, 0.4) is 0 Å². The van der Waals surface area contributed by atoms with E-state index >= 15 is 0 Å². The number of piperidine rings is 3. The molecule has 0 saturated carbocycles. The number of aliphatic hydroxyl groups excluding tert-OH is 2. The van der Waals surface area contributed by atoms with Gasteiger partial charge in [0.25, 0.3) is 17.7 Å². The van der Waals surface area contributed by atoms with Crippen molar-refractivity contribution in [3.05, 3.63) is 216 Å². The Kier molecular flexibility index (Phi) is 18.8. The predicted octanol–water partition coefficient (Wildman–Crippen LogP) is 12.3. The van der Waals surface area contributed by atoms with Gasteiger partial charge in [-0.2, -0.15) is 0 Å². The first-order valence-electron chi connectivity index (χ1n) is 36.4. The number of aromatic nitrogens is 9. The van der Waals surface area contributed by atoms with E-state index in [0.29, 0.717) is 82.4 Å². The number of carbonyl (C=O) groups excluding carboxylic acids is 3. The zero-order valence-electron chi connectivity index (χ0n) is 59.7. The summed E-state index contributed by atoms with van der Waals surface area (Å²) in [5.74, 6) is 1.46. The molecule has 3 saturated heterocycles. The first kappa shape index (κ1) is 69.5. The fourth-order valence-corrected chi connectivity index (χ4v) is 15.6. The number of aryl methyl sites for hydroxylation is 1. The smallest absolute Gasteiger partial charge is 0.254 e. The molecule has 9 N–H and O–H groups in total. The van der Waals surface area contributed by atoms with Crippen molar-refractivity contribution in [2.75, 3.05) is 69.9 Å². The number of hydrogen-bond acceptors (Lipinski definition) is 18. The summed E-state index contributed by atoms with van der Waals surface area (Å²) in [4.78, 5) is 72.2. The van der Waals surface area contributed by atoms with Crippen molar-refractivity contribution in [3.63, 3.8) is 0 Å². The number of aliphatic hydroxyl groups is 3. The van der Waals surface area contributed by atoms with Gasteiger partial charge in [0.05, 0.1) is 111 Å². The third-order valence-electron chi connectivity index (χ3n) is 21.6. The zero-order valence-corrected chi connectivity index (χ0v) is 59.7. The van der Waals surface area contributed by atoms with E-state index in [1.807, 2.05) is 152 Å². The number of amides is 3. The van der Waals surface area contributed by atoms with Crippen LogP contribution in [0.4, 0.5) is 60.4 Å². The summed E-state index contributed by atoms with van der Waals surface area (Å²) >= 11 is 0. The fraction of sp³-hybridized carbons (Fsp3) is 0.296. The van der Waals surface area contributed by atoms with Gasteiger partial charge in [0.2, 0.25) is 0 Å². The fourth-order valence-electron chi connectivity index (χ4n) is 15.6. The second kappa shape index (κ2) is 28.9. The number of nitrogens with one attached hydrogen (secondary N) is 6. The van der Waals surface area contributed by atoms with Crippen LogP contribution in [0.2, 0.25) is 0 Å². The number of imidazole rings is 3. The average molecular weight is 1440 g/mol. The Labute approximate surface area is 615 Å². The molecule has 3 aromatic carbocycles. The van der Waals surface area contributed by atoms with Gasteiger partial charge in [-0.25, -0.2) is 38.7 Å². The summed E-state index contributed by atoms with van der Waals surface area (Å²) in [7, 11) is 0. The van der Waals surface area contributed by atoms with E-state index in [1.165, 1.54) is 24.3 Å². The number of nitrogens with zero attached hydrogens (tertiary/aromatic N) is 12. The Morgan fingerprint density at radius 2 is 0.963 bits per heavy atom. The molecule has 2 atom stereocenters. The topological polar surface area (TPSA) is 284 Å². The van der Waals surface area contributed by atoms with Crippen molar-refractivity contribution in [3.8, 4) is 33.6 Å². The lowest BCUT2D eigenvalue weighted by Gasteiger charge is -2.39. The Morgan fingerprint density at radius 1 is 0.505 bits per heavy atom. The van der Waals surface area contributed by atoms with Crippen LogP contribution in [-0.2, 0) is 19.6 Å². The van der Waals surface area contributed by atoms with Crippen LogP contribution in [0.5, 0.6) is 0 Å². The minimum absolute atomic E-state index is 0.0886. The van der Waals surface area contributed by atoms with Crippen molar-refractivity contribution in [2.45, 2.75) is 104 Å². The number of carbonyl (C=O) groups is 3. The van der Waals surface area contributed by atoms with E-state index in [0.717, 1.165) is 162 Å². The van der Waals surface area contributed by atoms with Crippen LogP contribution in [0, 0.1) is 30.4 Å². The molecule has 26 heteroatoms. The second-order valence-electron chi connectivity index (χ2n) is 28.8. The maximum atomic E-state index is 13.6. The number of rotatable bonds is 14. The highest BCUT2D eigenvalue weighted by molar-refractivity contribution is 6.08. The van der Waals surface area contributed by atoms with Gasteiger partial charge in [-0.1, -0.05) is 18.2 Å². The Balaban J connectivity index is 0.000000123. The number of halogens is 2. The quantitative estimate of drug-likeness (QED) is 0.0489. The molecule has 12 aromatic rings. The van der Waals surface area contributed by atoms with Crippen LogP contribution in [0.25, 0.3) is 50.6 Å². The summed E-state index contributed by atoms with van der Waals surface area (Å²) < 4.78 is 33.0. The van der Waals surface area contributed by atoms with Gasteiger partial charge < -0.3 is 66.3 Å². The van der Waals surface area contributed by atoms with Crippen LogP contribution < -0.4 is 46.6 Å². The summed E-state index contributed by atoms with van der Waals surface area (Å²) in [6.45, 7) is 14.1. The maximum absolute atomic E-state index is 13.6. The van der Waals surface area contributed by atoms with Gasteiger partial charge in [-0.15, -0.1) is 0 Å². The van der Waals surface area contributed by atoms with Crippen LogP contribution in [-0.4, -0.2) is 133 Å². The minimum atomic E-state index is -0.708. The largest absolute Gasteiger partial charge is 0.393 e. The molecule has 9 aromatic heterocycles. The first-order valence-corrected chi connectivity index (χ1v) is 36.4. The van der Waals surface area contributed by atoms with Crippen LogP contribution in [0.15, 0.2) is 165 Å². The molecule has 15 heterocycles. The molecule has 0 spiro atoms. The number of hydrogen-bond donors (Lipinski definition) is 9. The molecule has 3 fully saturated rings. The molecule has 0 radical (unpaired) electrons. The zero-order chi connectivity index (χ0) is 73.8. The highest BCUT2D eigenvalue weighted by Gasteiger charge is 2.34.